The highest BCUT2D eigenvalue weighted by atomic mass is 79.9. The predicted octanol–water partition coefficient (Wildman–Crippen LogP) is 3.37. The van der Waals surface area contributed by atoms with Crippen molar-refractivity contribution in [2.24, 2.45) is 5.14 Å². The van der Waals surface area contributed by atoms with Gasteiger partial charge in [0, 0.05) is 11.0 Å². The molecule has 0 spiro atoms. The molecule has 10 heteroatoms. The number of aryl methyl sites for hydroxylation is 1. The van der Waals surface area contributed by atoms with E-state index in [2.05, 4.69) is 27.8 Å². The highest BCUT2D eigenvalue weighted by Gasteiger charge is 2.16. The molecular weight excluding hydrogens is 474 g/mol. The zero-order valence-corrected chi connectivity index (χ0v) is 18.8. The molecule has 160 valence electrons. The lowest BCUT2D eigenvalue weighted by Gasteiger charge is -2.10. The Morgan fingerprint density at radius 2 is 2.03 bits per heavy atom. The number of ether oxygens (including phenoxy) is 2. The van der Waals surface area contributed by atoms with Crippen molar-refractivity contribution >= 4 is 43.0 Å². The van der Waals surface area contributed by atoms with E-state index >= 15 is 0 Å². The Balaban J connectivity index is 1.74. The summed E-state index contributed by atoms with van der Waals surface area (Å²) in [6, 6.07) is 11.7. The molecule has 2 aromatic carbocycles. The normalized spacial score (nSPS) is 11.6. The molecule has 0 radical (unpaired) electrons. The standard InChI is InChI=1S/C20H22BrN3O5S/c1-2-3-9-24-18-8-7-16(30(22,26)27)11-17(18)23-19(24)12-29-20(25)13-28-15-6-4-5-14(21)10-15/h4-8,10-11H,2-3,9,12-13H2,1H3,(H2,22,26,27). The van der Waals surface area contributed by atoms with Crippen LogP contribution < -0.4 is 9.88 Å². The highest BCUT2D eigenvalue weighted by Crippen LogP contribution is 2.22. The first-order chi connectivity index (χ1) is 14.3. The molecule has 0 atom stereocenters. The number of fused-ring (bicyclic) bond motifs is 1. The number of hydrogen-bond donors (Lipinski definition) is 1. The second kappa shape index (κ2) is 9.59. The Morgan fingerprint density at radius 3 is 2.73 bits per heavy atom. The van der Waals surface area contributed by atoms with Gasteiger partial charge in [-0.15, -0.1) is 0 Å². The van der Waals surface area contributed by atoms with E-state index < -0.39 is 16.0 Å². The molecule has 0 saturated carbocycles. The molecule has 0 aliphatic rings. The van der Waals surface area contributed by atoms with E-state index in [0.717, 1.165) is 22.8 Å². The molecule has 0 bridgehead atoms. The SMILES string of the molecule is CCCCn1c(COC(=O)COc2cccc(Br)c2)nc2cc(S(N)(=O)=O)ccc21. The van der Waals surface area contributed by atoms with E-state index in [1.165, 1.54) is 12.1 Å². The van der Waals surface area contributed by atoms with Gasteiger partial charge in [-0.05, 0) is 42.8 Å². The summed E-state index contributed by atoms with van der Waals surface area (Å²) in [6.45, 7) is 2.45. The van der Waals surface area contributed by atoms with Crippen LogP contribution in [0, 0.1) is 0 Å². The first-order valence-corrected chi connectivity index (χ1v) is 11.7. The van der Waals surface area contributed by atoms with Crippen LogP contribution in [0.1, 0.15) is 25.6 Å². The molecule has 0 unspecified atom stereocenters. The molecule has 0 amide bonds. The van der Waals surface area contributed by atoms with Crippen molar-refractivity contribution in [3.63, 3.8) is 0 Å². The summed E-state index contributed by atoms with van der Waals surface area (Å²) in [4.78, 5) is 16.6. The minimum atomic E-state index is -3.83. The molecule has 0 aliphatic carbocycles. The minimum Gasteiger partial charge on any atom is -0.482 e. The predicted molar refractivity (Wildman–Crippen MR) is 115 cm³/mol. The van der Waals surface area contributed by atoms with E-state index in [4.69, 9.17) is 14.6 Å². The number of hydrogen-bond acceptors (Lipinski definition) is 6. The average molecular weight is 496 g/mol. The van der Waals surface area contributed by atoms with Crippen LogP contribution in [0.15, 0.2) is 51.8 Å². The monoisotopic (exact) mass is 495 g/mol. The number of halogens is 1. The van der Waals surface area contributed by atoms with E-state index in [-0.39, 0.29) is 18.1 Å². The Labute approximate surface area is 183 Å². The molecule has 1 aromatic heterocycles. The fourth-order valence-corrected chi connectivity index (χ4v) is 3.81. The van der Waals surface area contributed by atoms with Crippen LogP contribution in [-0.4, -0.2) is 30.5 Å². The Morgan fingerprint density at radius 1 is 1.23 bits per heavy atom. The maximum Gasteiger partial charge on any atom is 0.344 e. The van der Waals surface area contributed by atoms with Crippen LogP contribution in [-0.2, 0) is 32.7 Å². The summed E-state index contributed by atoms with van der Waals surface area (Å²) >= 11 is 3.34. The number of unbranched alkanes of at least 4 members (excludes halogenated alkanes) is 1. The second-order valence-corrected chi connectivity index (χ2v) is 9.11. The molecule has 0 fully saturated rings. The van der Waals surface area contributed by atoms with E-state index in [1.54, 1.807) is 24.3 Å². The van der Waals surface area contributed by atoms with Gasteiger partial charge in [0.25, 0.3) is 0 Å². The third kappa shape index (κ3) is 5.59. The number of nitrogens with zero attached hydrogens (tertiary/aromatic N) is 2. The van der Waals surface area contributed by atoms with Crippen molar-refractivity contribution in [1.82, 2.24) is 9.55 Å². The molecule has 0 saturated heterocycles. The summed E-state index contributed by atoms with van der Waals surface area (Å²) < 4.78 is 36.8. The topological polar surface area (TPSA) is 114 Å². The largest absolute Gasteiger partial charge is 0.482 e. The number of esters is 1. The van der Waals surface area contributed by atoms with Crippen molar-refractivity contribution < 1.29 is 22.7 Å². The van der Waals surface area contributed by atoms with Gasteiger partial charge in [0.05, 0.1) is 15.9 Å². The van der Waals surface area contributed by atoms with Crippen LogP contribution in [0.2, 0.25) is 0 Å². The summed E-state index contributed by atoms with van der Waals surface area (Å²) in [6.07, 6.45) is 1.87. The zero-order valence-electron chi connectivity index (χ0n) is 16.4. The fourth-order valence-electron chi connectivity index (χ4n) is 2.90. The molecular formula is C20H22BrN3O5S. The van der Waals surface area contributed by atoms with E-state index in [1.807, 2.05) is 10.6 Å². The van der Waals surface area contributed by atoms with Gasteiger partial charge in [-0.2, -0.15) is 0 Å². The number of aromatic nitrogens is 2. The van der Waals surface area contributed by atoms with Gasteiger partial charge in [-0.1, -0.05) is 35.3 Å². The quantitative estimate of drug-likeness (QED) is 0.455. The number of benzene rings is 2. The first-order valence-electron chi connectivity index (χ1n) is 9.34. The van der Waals surface area contributed by atoms with Crippen LogP contribution in [0.5, 0.6) is 5.75 Å². The average Bonchev–Trinajstić information content (AvgIpc) is 3.05. The Hall–Kier alpha value is -2.43. The van der Waals surface area contributed by atoms with E-state index in [0.29, 0.717) is 23.6 Å². The Kier molecular flexibility index (Phi) is 7.11. The molecule has 30 heavy (non-hydrogen) atoms. The van der Waals surface area contributed by atoms with Gasteiger partial charge < -0.3 is 14.0 Å². The number of primary sulfonamides is 1. The van der Waals surface area contributed by atoms with Gasteiger partial charge in [0.15, 0.2) is 6.61 Å². The third-order valence-corrected chi connectivity index (χ3v) is 5.78. The summed E-state index contributed by atoms with van der Waals surface area (Å²) in [5, 5.41) is 5.21. The number of carbonyl (C=O) groups excluding carboxylic acids is 1. The lowest BCUT2D eigenvalue weighted by molar-refractivity contribution is -0.147. The van der Waals surface area contributed by atoms with Crippen molar-refractivity contribution in [2.75, 3.05) is 6.61 Å². The van der Waals surface area contributed by atoms with Crippen molar-refractivity contribution in [3.8, 4) is 5.75 Å². The van der Waals surface area contributed by atoms with Crippen LogP contribution >= 0.6 is 15.9 Å². The molecule has 0 aliphatic heterocycles. The smallest absolute Gasteiger partial charge is 0.344 e. The second-order valence-electron chi connectivity index (χ2n) is 6.64. The van der Waals surface area contributed by atoms with Crippen LogP contribution in [0.25, 0.3) is 11.0 Å². The summed E-state index contributed by atoms with van der Waals surface area (Å²) in [5.74, 6) is 0.544. The highest BCUT2D eigenvalue weighted by molar-refractivity contribution is 9.10. The molecule has 3 aromatic rings. The Bertz CT molecular complexity index is 1160. The molecule has 3 rings (SSSR count). The maximum absolute atomic E-state index is 12.1. The van der Waals surface area contributed by atoms with Crippen molar-refractivity contribution in [3.05, 3.63) is 52.8 Å². The molecule has 2 N–H and O–H groups in total. The number of sulfonamides is 1. The van der Waals surface area contributed by atoms with E-state index in [9.17, 15) is 13.2 Å². The van der Waals surface area contributed by atoms with Gasteiger partial charge in [-0.3, -0.25) is 0 Å². The maximum atomic E-state index is 12.1. The fraction of sp³-hybridized carbons (Fsp3) is 0.300. The van der Waals surface area contributed by atoms with Crippen LogP contribution in [0.3, 0.4) is 0 Å². The van der Waals surface area contributed by atoms with Crippen LogP contribution in [0.4, 0.5) is 0 Å². The molecule has 8 nitrogen and oxygen atoms in total. The van der Waals surface area contributed by atoms with Crippen molar-refractivity contribution in [2.45, 2.75) is 37.8 Å². The van der Waals surface area contributed by atoms with Gasteiger partial charge in [-0.25, -0.2) is 23.3 Å². The summed E-state index contributed by atoms with van der Waals surface area (Å²) in [7, 11) is -3.83. The number of nitrogens with two attached hydrogens (primary N) is 1. The van der Waals surface area contributed by atoms with Crippen molar-refractivity contribution in [1.29, 1.82) is 0 Å². The molecule has 1 heterocycles. The number of carbonyl (C=O) groups is 1. The number of imidazole rings is 1. The lowest BCUT2D eigenvalue weighted by Crippen LogP contribution is -2.16. The first kappa shape index (κ1) is 22.3. The number of rotatable bonds is 9. The zero-order chi connectivity index (χ0) is 21.7. The van der Waals surface area contributed by atoms with Gasteiger partial charge >= 0.3 is 5.97 Å². The minimum absolute atomic E-state index is 0.0129. The summed E-state index contributed by atoms with van der Waals surface area (Å²) in [5.41, 5.74) is 1.24. The third-order valence-electron chi connectivity index (χ3n) is 4.38. The lowest BCUT2D eigenvalue weighted by atomic mass is 10.3. The van der Waals surface area contributed by atoms with Gasteiger partial charge in [0.1, 0.15) is 18.2 Å². The van der Waals surface area contributed by atoms with Gasteiger partial charge in [0.2, 0.25) is 10.0 Å².